The molecule has 4 heterocycles. The standard InChI is InChI=1S/C15H12N4O/c1-10-9-18-7-5-11(14(20)15(18)17-10)12-8-16-13-4-2-3-6-19(12)13/h2-9,20H,1H3. The van der Waals surface area contributed by atoms with E-state index >= 15 is 0 Å². The Kier molecular flexibility index (Phi) is 2.12. The van der Waals surface area contributed by atoms with Crippen LogP contribution in [-0.2, 0) is 0 Å². The zero-order valence-corrected chi connectivity index (χ0v) is 10.9. The topological polar surface area (TPSA) is 54.8 Å². The molecule has 0 fully saturated rings. The first-order valence-electron chi connectivity index (χ1n) is 6.34. The summed E-state index contributed by atoms with van der Waals surface area (Å²) < 4.78 is 3.76. The van der Waals surface area contributed by atoms with E-state index in [-0.39, 0.29) is 5.75 Å². The smallest absolute Gasteiger partial charge is 0.180 e. The van der Waals surface area contributed by atoms with Gasteiger partial charge in [-0.05, 0) is 25.1 Å². The van der Waals surface area contributed by atoms with Crippen molar-refractivity contribution in [3.63, 3.8) is 0 Å². The van der Waals surface area contributed by atoms with Crippen molar-refractivity contribution >= 4 is 11.3 Å². The summed E-state index contributed by atoms with van der Waals surface area (Å²) in [6.45, 7) is 1.90. The van der Waals surface area contributed by atoms with Gasteiger partial charge in [0.1, 0.15) is 5.65 Å². The Bertz CT molecular complexity index is 936. The van der Waals surface area contributed by atoms with Crippen LogP contribution in [0.15, 0.2) is 49.1 Å². The molecule has 4 aromatic rings. The molecule has 0 radical (unpaired) electrons. The van der Waals surface area contributed by atoms with Gasteiger partial charge in [-0.2, -0.15) is 0 Å². The summed E-state index contributed by atoms with van der Waals surface area (Å²) in [5, 5.41) is 10.5. The predicted octanol–water partition coefficient (Wildman–Crippen LogP) is 2.66. The molecule has 1 N–H and O–H groups in total. The van der Waals surface area contributed by atoms with Crippen LogP contribution in [0.5, 0.6) is 5.75 Å². The number of aromatic nitrogens is 4. The molecule has 0 amide bonds. The molecule has 0 aliphatic carbocycles. The van der Waals surface area contributed by atoms with Crippen LogP contribution in [0.4, 0.5) is 0 Å². The number of hydrogen-bond acceptors (Lipinski definition) is 3. The van der Waals surface area contributed by atoms with Crippen LogP contribution >= 0.6 is 0 Å². The molecular formula is C15H12N4O. The lowest BCUT2D eigenvalue weighted by Crippen LogP contribution is -1.90. The summed E-state index contributed by atoms with van der Waals surface area (Å²) in [5.74, 6) is 0.172. The lowest BCUT2D eigenvalue weighted by molar-refractivity contribution is 0.479. The van der Waals surface area contributed by atoms with Gasteiger partial charge >= 0.3 is 0 Å². The fraction of sp³-hybridized carbons (Fsp3) is 0.0667. The van der Waals surface area contributed by atoms with Gasteiger partial charge < -0.3 is 9.51 Å². The maximum absolute atomic E-state index is 10.5. The third-order valence-corrected chi connectivity index (χ3v) is 3.41. The molecule has 0 aromatic carbocycles. The summed E-state index contributed by atoms with van der Waals surface area (Å²) in [6.07, 6.45) is 7.47. The molecule has 4 aromatic heterocycles. The van der Waals surface area contributed by atoms with Gasteiger partial charge in [0.05, 0.1) is 17.6 Å². The van der Waals surface area contributed by atoms with Crippen molar-refractivity contribution in [2.45, 2.75) is 6.92 Å². The summed E-state index contributed by atoms with van der Waals surface area (Å²) in [5.41, 5.74) is 3.85. The molecule has 5 heteroatoms. The fourth-order valence-corrected chi connectivity index (χ4v) is 2.50. The minimum absolute atomic E-state index is 0.172. The predicted molar refractivity (Wildman–Crippen MR) is 75.8 cm³/mol. The lowest BCUT2D eigenvalue weighted by atomic mass is 10.2. The van der Waals surface area contributed by atoms with Gasteiger partial charge in [0.25, 0.3) is 0 Å². The second-order valence-electron chi connectivity index (χ2n) is 4.76. The summed E-state index contributed by atoms with van der Waals surface area (Å²) in [7, 11) is 0. The number of aryl methyl sites for hydroxylation is 1. The van der Waals surface area contributed by atoms with E-state index in [1.807, 2.05) is 58.6 Å². The number of nitrogens with zero attached hydrogens (tertiary/aromatic N) is 4. The molecule has 0 aliphatic heterocycles. The van der Waals surface area contributed by atoms with Crippen LogP contribution in [0.25, 0.3) is 22.6 Å². The first kappa shape index (κ1) is 11.0. The third kappa shape index (κ3) is 1.43. The molecule has 0 saturated heterocycles. The molecule has 98 valence electrons. The van der Waals surface area contributed by atoms with Crippen LogP contribution in [-0.4, -0.2) is 23.9 Å². The van der Waals surface area contributed by atoms with Crippen LogP contribution in [0.1, 0.15) is 5.69 Å². The Hall–Kier alpha value is -2.82. The summed E-state index contributed by atoms with van der Waals surface area (Å²) >= 11 is 0. The molecule has 4 rings (SSSR count). The molecule has 0 saturated carbocycles. The Morgan fingerprint density at radius 2 is 2.05 bits per heavy atom. The molecule has 20 heavy (non-hydrogen) atoms. The molecule has 0 atom stereocenters. The maximum atomic E-state index is 10.5. The van der Waals surface area contributed by atoms with E-state index in [2.05, 4.69) is 9.97 Å². The Balaban J connectivity index is 2.04. The minimum Gasteiger partial charge on any atom is -0.504 e. The van der Waals surface area contributed by atoms with E-state index in [1.54, 1.807) is 6.20 Å². The van der Waals surface area contributed by atoms with Crippen LogP contribution < -0.4 is 0 Å². The lowest BCUT2D eigenvalue weighted by Gasteiger charge is -2.05. The van der Waals surface area contributed by atoms with E-state index < -0.39 is 0 Å². The van der Waals surface area contributed by atoms with Gasteiger partial charge in [0.15, 0.2) is 11.4 Å². The average molecular weight is 264 g/mol. The minimum atomic E-state index is 0.172. The van der Waals surface area contributed by atoms with Crippen molar-refractivity contribution in [2.24, 2.45) is 0 Å². The van der Waals surface area contributed by atoms with E-state index in [9.17, 15) is 5.11 Å². The van der Waals surface area contributed by atoms with Gasteiger partial charge in [-0.25, -0.2) is 9.97 Å². The fourth-order valence-electron chi connectivity index (χ4n) is 2.50. The highest BCUT2D eigenvalue weighted by Gasteiger charge is 2.14. The third-order valence-electron chi connectivity index (χ3n) is 3.41. The van der Waals surface area contributed by atoms with Gasteiger partial charge in [0, 0.05) is 24.2 Å². The highest BCUT2D eigenvalue weighted by molar-refractivity contribution is 5.76. The Morgan fingerprint density at radius 3 is 2.95 bits per heavy atom. The largest absolute Gasteiger partial charge is 0.504 e. The number of imidazole rings is 2. The van der Waals surface area contributed by atoms with Crippen molar-refractivity contribution in [3.8, 4) is 17.0 Å². The number of aromatic hydroxyl groups is 1. The summed E-state index contributed by atoms with van der Waals surface area (Å²) in [4.78, 5) is 8.69. The number of hydrogen-bond donors (Lipinski definition) is 1. The molecule has 5 nitrogen and oxygen atoms in total. The Labute approximate surface area is 114 Å². The summed E-state index contributed by atoms with van der Waals surface area (Å²) in [6, 6.07) is 7.68. The monoisotopic (exact) mass is 264 g/mol. The van der Waals surface area contributed by atoms with Gasteiger partial charge in [-0.15, -0.1) is 0 Å². The number of fused-ring (bicyclic) bond motifs is 2. The molecule has 0 unspecified atom stereocenters. The zero-order chi connectivity index (χ0) is 13.7. The van der Waals surface area contributed by atoms with E-state index in [0.717, 1.165) is 22.6 Å². The molecule has 0 aliphatic rings. The van der Waals surface area contributed by atoms with Crippen molar-refractivity contribution < 1.29 is 5.11 Å². The molecule has 0 spiro atoms. The zero-order valence-electron chi connectivity index (χ0n) is 10.9. The van der Waals surface area contributed by atoms with Crippen LogP contribution in [0.3, 0.4) is 0 Å². The first-order chi connectivity index (χ1) is 9.74. The quantitative estimate of drug-likeness (QED) is 0.575. The number of pyridine rings is 2. The van der Waals surface area contributed by atoms with E-state index in [0.29, 0.717) is 5.65 Å². The van der Waals surface area contributed by atoms with E-state index in [4.69, 9.17) is 0 Å². The van der Waals surface area contributed by atoms with Crippen molar-refractivity contribution in [3.05, 3.63) is 54.7 Å². The number of rotatable bonds is 1. The second-order valence-corrected chi connectivity index (χ2v) is 4.76. The van der Waals surface area contributed by atoms with Crippen molar-refractivity contribution in [1.29, 1.82) is 0 Å². The van der Waals surface area contributed by atoms with Gasteiger partial charge in [-0.3, -0.25) is 4.40 Å². The highest BCUT2D eigenvalue weighted by Crippen LogP contribution is 2.32. The second kappa shape index (κ2) is 3.84. The van der Waals surface area contributed by atoms with Gasteiger partial charge in [0.2, 0.25) is 0 Å². The van der Waals surface area contributed by atoms with Crippen molar-refractivity contribution in [1.82, 2.24) is 18.8 Å². The van der Waals surface area contributed by atoms with Gasteiger partial charge in [-0.1, -0.05) is 6.07 Å². The van der Waals surface area contributed by atoms with Crippen molar-refractivity contribution in [2.75, 3.05) is 0 Å². The average Bonchev–Trinajstić information content (AvgIpc) is 3.03. The SMILES string of the molecule is Cc1cn2ccc(-c3cnc4ccccn34)c(O)c2n1. The van der Waals surface area contributed by atoms with Crippen LogP contribution in [0.2, 0.25) is 0 Å². The van der Waals surface area contributed by atoms with Crippen LogP contribution in [0, 0.1) is 6.92 Å². The first-order valence-corrected chi connectivity index (χ1v) is 6.34. The van der Waals surface area contributed by atoms with E-state index in [1.165, 1.54) is 0 Å². The highest BCUT2D eigenvalue weighted by atomic mass is 16.3. The maximum Gasteiger partial charge on any atom is 0.180 e. The normalized spacial score (nSPS) is 11.4. The Morgan fingerprint density at radius 1 is 1.15 bits per heavy atom. The molecular weight excluding hydrogens is 252 g/mol. The molecule has 0 bridgehead atoms.